The molecule has 1 fully saturated rings. The lowest BCUT2D eigenvalue weighted by molar-refractivity contribution is -0.149. The average Bonchev–Trinajstić information content (AvgIpc) is 2.98. The van der Waals surface area contributed by atoms with Crippen LogP contribution in [-0.2, 0) is 27.0 Å². The van der Waals surface area contributed by atoms with Gasteiger partial charge in [0.05, 0.1) is 31.9 Å². The molecule has 0 saturated carbocycles. The Morgan fingerprint density at radius 3 is 2.79 bits per heavy atom. The van der Waals surface area contributed by atoms with Crippen LogP contribution in [0.1, 0.15) is 26.3 Å². The first-order chi connectivity index (χ1) is 11.2. The second-order valence-corrected chi connectivity index (χ2v) is 6.78. The van der Waals surface area contributed by atoms with E-state index in [0.717, 1.165) is 5.56 Å². The second kappa shape index (κ2) is 7.31. The third-order valence-electron chi connectivity index (χ3n) is 4.38. The Balaban J connectivity index is 1.94. The molecule has 1 aliphatic rings. The minimum absolute atomic E-state index is 0.0253. The van der Waals surface area contributed by atoms with Crippen LogP contribution in [0.4, 0.5) is 0 Å². The van der Waals surface area contributed by atoms with Crippen LogP contribution < -0.4 is 11.1 Å². The van der Waals surface area contributed by atoms with E-state index in [0.29, 0.717) is 19.7 Å². The summed E-state index contributed by atoms with van der Waals surface area (Å²) in [6.45, 7) is 6.99. The van der Waals surface area contributed by atoms with E-state index < -0.39 is 11.6 Å². The van der Waals surface area contributed by atoms with Crippen LogP contribution in [0.5, 0.6) is 0 Å². The minimum Gasteiger partial charge on any atom is -0.367 e. The summed E-state index contributed by atoms with van der Waals surface area (Å²) in [6, 6.07) is -0.608. The smallest absolute Gasteiger partial charge is 0.242 e. The molecular weight excluding hydrogens is 310 g/mol. The molecule has 8 nitrogen and oxygen atoms in total. The van der Waals surface area contributed by atoms with Crippen molar-refractivity contribution in [2.45, 2.75) is 32.4 Å². The Labute approximate surface area is 142 Å². The zero-order chi connectivity index (χ0) is 17.9. The molecule has 2 heterocycles. The molecule has 0 aromatic carbocycles. The molecule has 0 aliphatic carbocycles. The van der Waals surface area contributed by atoms with Gasteiger partial charge in [0.25, 0.3) is 0 Å². The Morgan fingerprint density at radius 1 is 1.50 bits per heavy atom. The van der Waals surface area contributed by atoms with Crippen molar-refractivity contribution in [2.24, 2.45) is 18.7 Å². The lowest BCUT2D eigenvalue weighted by atomic mass is 9.97. The van der Waals surface area contributed by atoms with Crippen molar-refractivity contribution in [3.63, 3.8) is 0 Å². The Bertz CT molecular complexity index is 600. The molecule has 1 unspecified atom stereocenters. The standard InChI is InChI=1S/C16H27N5O3/c1-11(2)14(17)15(23)18-8-13(22)21-5-6-24-16(3,10-21)12-7-19-20(4)9-12/h7,9,11,14H,5-6,8,10,17H2,1-4H3,(H,18,23)/t14-,16?/m0/s1. The van der Waals surface area contributed by atoms with Crippen molar-refractivity contribution in [3.8, 4) is 0 Å². The fourth-order valence-corrected chi connectivity index (χ4v) is 2.65. The maximum atomic E-state index is 12.4. The number of aromatic nitrogens is 2. The van der Waals surface area contributed by atoms with E-state index in [9.17, 15) is 9.59 Å². The van der Waals surface area contributed by atoms with Crippen LogP contribution in [0.25, 0.3) is 0 Å². The summed E-state index contributed by atoms with van der Waals surface area (Å²) < 4.78 is 7.59. The van der Waals surface area contributed by atoms with E-state index in [-0.39, 0.29) is 24.3 Å². The van der Waals surface area contributed by atoms with Gasteiger partial charge < -0.3 is 20.7 Å². The number of rotatable bonds is 5. The van der Waals surface area contributed by atoms with Crippen LogP contribution >= 0.6 is 0 Å². The van der Waals surface area contributed by atoms with E-state index in [1.807, 2.05) is 34.0 Å². The van der Waals surface area contributed by atoms with Gasteiger partial charge in [0, 0.05) is 25.4 Å². The highest BCUT2D eigenvalue weighted by Crippen LogP contribution is 2.28. The molecule has 1 aromatic heterocycles. The lowest BCUT2D eigenvalue weighted by Crippen LogP contribution is -2.54. The van der Waals surface area contributed by atoms with Gasteiger partial charge in [-0.25, -0.2) is 0 Å². The Kier molecular flexibility index (Phi) is 5.61. The number of hydrogen-bond donors (Lipinski definition) is 2. The first-order valence-corrected chi connectivity index (χ1v) is 8.17. The molecule has 2 amide bonds. The van der Waals surface area contributed by atoms with E-state index in [4.69, 9.17) is 10.5 Å². The molecule has 134 valence electrons. The maximum Gasteiger partial charge on any atom is 0.242 e. The Morgan fingerprint density at radius 2 is 2.21 bits per heavy atom. The molecule has 8 heteroatoms. The quantitative estimate of drug-likeness (QED) is 0.761. The first kappa shape index (κ1) is 18.4. The zero-order valence-corrected chi connectivity index (χ0v) is 14.8. The second-order valence-electron chi connectivity index (χ2n) is 6.78. The predicted molar refractivity (Wildman–Crippen MR) is 88.9 cm³/mol. The van der Waals surface area contributed by atoms with Gasteiger partial charge in [-0.3, -0.25) is 14.3 Å². The number of carbonyl (C=O) groups is 2. The number of nitrogens with zero attached hydrogens (tertiary/aromatic N) is 3. The largest absolute Gasteiger partial charge is 0.367 e. The van der Waals surface area contributed by atoms with Crippen molar-refractivity contribution in [1.82, 2.24) is 20.0 Å². The molecule has 0 radical (unpaired) electrons. The SMILES string of the molecule is CC(C)[C@H](N)C(=O)NCC(=O)N1CCOC(C)(c2cnn(C)c2)C1. The molecule has 24 heavy (non-hydrogen) atoms. The predicted octanol–water partition coefficient (Wildman–Crippen LogP) is -0.406. The molecule has 2 atom stereocenters. The molecule has 0 bridgehead atoms. The summed E-state index contributed by atoms with van der Waals surface area (Å²) >= 11 is 0. The van der Waals surface area contributed by atoms with E-state index in [1.165, 1.54) is 0 Å². The Hall–Kier alpha value is -1.93. The number of ether oxygens (including phenoxy) is 1. The summed E-state index contributed by atoms with van der Waals surface area (Å²) in [4.78, 5) is 26.0. The van der Waals surface area contributed by atoms with Crippen molar-refractivity contribution in [3.05, 3.63) is 18.0 Å². The van der Waals surface area contributed by atoms with E-state index >= 15 is 0 Å². The highest BCUT2D eigenvalue weighted by atomic mass is 16.5. The molecular formula is C16H27N5O3. The summed E-state index contributed by atoms with van der Waals surface area (Å²) in [5, 5.41) is 6.78. The number of amides is 2. The first-order valence-electron chi connectivity index (χ1n) is 8.17. The molecule has 2 rings (SSSR count). The topological polar surface area (TPSA) is 102 Å². The van der Waals surface area contributed by atoms with Gasteiger partial charge in [-0.05, 0) is 12.8 Å². The minimum atomic E-state index is -0.608. The average molecular weight is 337 g/mol. The van der Waals surface area contributed by atoms with E-state index in [2.05, 4.69) is 10.4 Å². The molecule has 0 spiro atoms. The summed E-state index contributed by atoms with van der Waals surface area (Å²) in [5.41, 5.74) is 6.11. The zero-order valence-electron chi connectivity index (χ0n) is 14.8. The normalized spacial score (nSPS) is 22.5. The number of nitrogens with two attached hydrogens (primary N) is 1. The number of morpholine rings is 1. The van der Waals surface area contributed by atoms with Gasteiger partial charge in [-0.15, -0.1) is 0 Å². The van der Waals surface area contributed by atoms with Crippen molar-refractivity contribution >= 4 is 11.8 Å². The van der Waals surface area contributed by atoms with Crippen molar-refractivity contribution in [1.29, 1.82) is 0 Å². The number of hydrogen-bond acceptors (Lipinski definition) is 5. The summed E-state index contributed by atoms with van der Waals surface area (Å²) in [5.74, 6) is -0.420. The monoisotopic (exact) mass is 337 g/mol. The third-order valence-corrected chi connectivity index (χ3v) is 4.38. The highest BCUT2D eigenvalue weighted by Gasteiger charge is 2.36. The van der Waals surface area contributed by atoms with Crippen molar-refractivity contribution < 1.29 is 14.3 Å². The van der Waals surface area contributed by atoms with Gasteiger partial charge in [0.2, 0.25) is 11.8 Å². The molecule has 3 N–H and O–H groups in total. The number of carbonyl (C=O) groups excluding carboxylic acids is 2. The summed E-state index contributed by atoms with van der Waals surface area (Å²) in [6.07, 6.45) is 3.63. The molecule has 1 saturated heterocycles. The van der Waals surface area contributed by atoms with Crippen LogP contribution in [0.2, 0.25) is 0 Å². The van der Waals surface area contributed by atoms with Gasteiger partial charge in [0.1, 0.15) is 5.60 Å². The fourth-order valence-electron chi connectivity index (χ4n) is 2.65. The highest BCUT2D eigenvalue weighted by molar-refractivity contribution is 5.87. The van der Waals surface area contributed by atoms with Crippen LogP contribution in [0, 0.1) is 5.92 Å². The van der Waals surface area contributed by atoms with Gasteiger partial charge in [-0.1, -0.05) is 13.8 Å². The van der Waals surface area contributed by atoms with Gasteiger partial charge >= 0.3 is 0 Å². The maximum absolute atomic E-state index is 12.4. The van der Waals surface area contributed by atoms with Gasteiger partial charge in [-0.2, -0.15) is 5.10 Å². The molecule has 1 aromatic rings. The molecule has 1 aliphatic heterocycles. The lowest BCUT2D eigenvalue weighted by Gasteiger charge is -2.40. The third kappa shape index (κ3) is 4.12. The van der Waals surface area contributed by atoms with Crippen LogP contribution in [-0.4, -0.2) is 58.8 Å². The van der Waals surface area contributed by atoms with E-state index in [1.54, 1.807) is 15.8 Å². The fraction of sp³-hybridized carbons (Fsp3) is 0.688. The van der Waals surface area contributed by atoms with Crippen molar-refractivity contribution in [2.75, 3.05) is 26.2 Å². The van der Waals surface area contributed by atoms with Crippen LogP contribution in [0.15, 0.2) is 12.4 Å². The number of nitrogens with one attached hydrogen (secondary N) is 1. The number of aryl methyl sites for hydroxylation is 1. The van der Waals surface area contributed by atoms with Crippen LogP contribution in [0.3, 0.4) is 0 Å². The van der Waals surface area contributed by atoms with Gasteiger partial charge in [0.15, 0.2) is 0 Å². The summed E-state index contributed by atoms with van der Waals surface area (Å²) in [7, 11) is 1.84.